The molecule has 1 saturated heterocycles. The van der Waals surface area contributed by atoms with Crippen molar-refractivity contribution >= 4 is 17.7 Å². The largest absolute Gasteiger partial charge is 0.373 e. The maximum absolute atomic E-state index is 12.3. The van der Waals surface area contributed by atoms with E-state index in [0.717, 1.165) is 10.5 Å². The van der Waals surface area contributed by atoms with Gasteiger partial charge in [0.05, 0.1) is 12.7 Å². The number of benzene rings is 1. The number of morpholine rings is 1. The molecule has 4 nitrogen and oxygen atoms in total. The number of nitrogens with zero attached hydrogens (tertiary/aromatic N) is 1. The molecule has 5 heteroatoms. The molecule has 1 aliphatic rings. The lowest BCUT2D eigenvalue weighted by Crippen LogP contribution is -2.48. The molecular weight excluding hydrogens is 248 g/mol. The number of ether oxygens (including phenoxy) is 1. The van der Waals surface area contributed by atoms with Crippen molar-refractivity contribution in [3.05, 3.63) is 29.8 Å². The van der Waals surface area contributed by atoms with E-state index in [1.165, 1.54) is 0 Å². The molecule has 0 saturated carbocycles. The molecule has 2 N–H and O–H groups in total. The summed E-state index contributed by atoms with van der Waals surface area (Å²) in [6.07, 6.45) is 1.98. The molecule has 0 spiro atoms. The maximum atomic E-state index is 12.3. The Morgan fingerprint density at radius 3 is 2.83 bits per heavy atom. The fraction of sp³-hybridized carbons (Fsp3) is 0.462. The zero-order chi connectivity index (χ0) is 13.0. The lowest BCUT2D eigenvalue weighted by Gasteiger charge is -2.32. The molecule has 18 heavy (non-hydrogen) atoms. The molecule has 0 aliphatic carbocycles. The third-order valence-electron chi connectivity index (χ3n) is 3.03. The molecule has 1 fully saturated rings. The zero-order valence-electron chi connectivity index (χ0n) is 10.5. The van der Waals surface area contributed by atoms with Crippen molar-refractivity contribution in [1.82, 2.24) is 4.90 Å². The molecule has 1 heterocycles. The molecule has 0 aromatic heterocycles. The quantitative estimate of drug-likeness (QED) is 0.836. The first kappa shape index (κ1) is 13.4. The fourth-order valence-corrected chi connectivity index (χ4v) is 2.37. The molecule has 1 aromatic carbocycles. The van der Waals surface area contributed by atoms with Crippen molar-refractivity contribution in [3.63, 3.8) is 0 Å². The van der Waals surface area contributed by atoms with Crippen LogP contribution in [0, 0.1) is 0 Å². The van der Waals surface area contributed by atoms with Crippen molar-refractivity contribution in [2.75, 3.05) is 32.5 Å². The van der Waals surface area contributed by atoms with Gasteiger partial charge in [0.25, 0.3) is 5.91 Å². The molecule has 0 bridgehead atoms. The average Bonchev–Trinajstić information content (AvgIpc) is 2.46. The summed E-state index contributed by atoms with van der Waals surface area (Å²) in [7, 11) is 0. The monoisotopic (exact) mass is 266 g/mol. The van der Waals surface area contributed by atoms with Crippen LogP contribution in [0.3, 0.4) is 0 Å². The predicted molar refractivity (Wildman–Crippen MR) is 72.9 cm³/mol. The van der Waals surface area contributed by atoms with E-state index in [0.29, 0.717) is 26.2 Å². The van der Waals surface area contributed by atoms with Gasteiger partial charge in [-0.2, -0.15) is 0 Å². The molecule has 0 radical (unpaired) electrons. The number of carbonyl (C=O) groups excluding carboxylic acids is 1. The first-order valence-electron chi connectivity index (χ1n) is 5.99. The minimum absolute atomic E-state index is 0.0341. The molecule has 1 aromatic rings. The summed E-state index contributed by atoms with van der Waals surface area (Å²) in [5, 5.41) is 0. The second kappa shape index (κ2) is 6.22. The normalized spacial score (nSPS) is 19.9. The summed E-state index contributed by atoms with van der Waals surface area (Å²) in [4.78, 5) is 15.3. The number of amides is 1. The van der Waals surface area contributed by atoms with Gasteiger partial charge in [0, 0.05) is 30.1 Å². The number of rotatable bonds is 3. The van der Waals surface area contributed by atoms with Gasteiger partial charge in [-0.25, -0.2) is 0 Å². The Morgan fingerprint density at radius 1 is 1.50 bits per heavy atom. The smallest absolute Gasteiger partial charge is 0.254 e. The third-order valence-corrected chi connectivity index (χ3v) is 3.77. The molecule has 98 valence electrons. The highest BCUT2D eigenvalue weighted by Crippen LogP contribution is 2.16. The summed E-state index contributed by atoms with van der Waals surface area (Å²) >= 11 is 1.67. The topological polar surface area (TPSA) is 55.6 Å². The van der Waals surface area contributed by atoms with Crippen LogP contribution in [0.5, 0.6) is 0 Å². The summed E-state index contributed by atoms with van der Waals surface area (Å²) in [6, 6.07) is 7.69. The van der Waals surface area contributed by atoms with Crippen molar-refractivity contribution in [2.45, 2.75) is 11.0 Å². The SMILES string of the molecule is CSc1ccc(C(=O)N2CCOC(CN)C2)cc1. The van der Waals surface area contributed by atoms with E-state index >= 15 is 0 Å². The number of hydrogen-bond donors (Lipinski definition) is 1. The van der Waals surface area contributed by atoms with Crippen LogP contribution in [0.1, 0.15) is 10.4 Å². The Labute approximate surface area is 111 Å². The molecule has 1 unspecified atom stereocenters. The Kier molecular flexibility index (Phi) is 4.63. The predicted octanol–water partition coefficient (Wildman–Crippen LogP) is 1.21. The highest BCUT2D eigenvalue weighted by atomic mass is 32.2. The van der Waals surface area contributed by atoms with Crippen molar-refractivity contribution in [3.8, 4) is 0 Å². The van der Waals surface area contributed by atoms with Crippen LogP contribution in [0.25, 0.3) is 0 Å². The minimum Gasteiger partial charge on any atom is -0.373 e. The molecule has 1 aliphatic heterocycles. The lowest BCUT2D eigenvalue weighted by atomic mass is 10.1. The van der Waals surface area contributed by atoms with Crippen LogP contribution in [-0.4, -0.2) is 49.4 Å². The summed E-state index contributed by atoms with van der Waals surface area (Å²) < 4.78 is 5.46. The van der Waals surface area contributed by atoms with E-state index < -0.39 is 0 Å². The highest BCUT2D eigenvalue weighted by molar-refractivity contribution is 7.98. The van der Waals surface area contributed by atoms with E-state index in [1.807, 2.05) is 35.4 Å². The van der Waals surface area contributed by atoms with E-state index in [1.54, 1.807) is 11.8 Å². The molecule has 1 atom stereocenters. The second-order valence-electron chi connectivity index (χ2n) is 4.21. The molecule has 1 amide bonds. The van der Waals surface area contributed by atoms with Gasteiger partial charge in [-0.05, 0) is 30.5 Å². The zero-order valence-corrected chi connectivity index (χ0v) is 11.3. The highest BCUT2D eigenvalue weighted by Gasteiger charge is 2.23. The first-order chi connectivity index (χ1) is 8.74. The summed E-state index contributed by atoms with van der Waals surface area (Å²) in [5.74, 6) is 0.0596. The Morgan fingerprint density at radius 2 is 2.22 bits per heavy atom. The second-order valence-corrected chi connectivity index (χ2v) is 5.09. The number of thioether (sulfide) groups is 1. The summed E-state index contributed by atoms with van der Waals surface area (Å²) in [5.41, 5.74) is 6.30. The van der Waals surface area contributed by atoms with Crippen molar-refractivity contribution in [2.24, 2.45) is 5.73 Å². The van der Waals surface area contributed by atoms with Crippen LogP contribution >= 0.6 is 11.8 Å². The van der Waals surface area contributed by atoms with E-state index in [-0.39, 0.29) is 12.0 Å². The van der Waals surface area contributed by atoms with Crippen molar-refractivity contribution in [1.29, 1.82) is 0 Å². The van der Waals surface area contributed by atoms with Gasteiger partial charge in [0.2, 0.25) is 0 Å². The van der Waals surface area contributed by atoms with Crippen molar-refractivity contribution < 1.29 is 9.53 Å². The van der Waals surface area contributed by atoms with Gasteiger partial charge in [-0.3, -0.25) is 4.79 Å². The van der Waals surface area contributed by atoms with Crippen LogP contribution in [0.2, 0.25) is 0 Å². The van der Waals surface area contributed by atoms with E-state index in [9.17, 15) is 4.79 Å². The van der Waals surface area contributed by atoms with Gasteiger partial charge in [-0.15, -0.1) is 11.8 Å². The standard InChI is InChI=1S/C13H18N2O2S/c1-18-12-4-2-10(3-5-12)13(16)15-6-7-17-11(8-14)9-15/h2-5,11H,6-9,14H2,1H3. The Balaban J connectivity index is 2.05. The minimum atomic E-state index is -0.0341. The number of carbonyl (C=O) groups is 1. The first-order valence-corrected chi connectivity index (χ1v) is 7.22. The molecule has 2 rings (SSSR count). The van der Waals surface area contributed by atoms with E-state index in [4.69, 9.17) is 10.5 Å². The lowest BCUT2D eigenvalue weighted by molar-refractivity contribution is -0.0167. The van der Waals surface area contributed by atoms with Gasteiger partial charge in [-0.1, -0.05) is 0 Å². The molecular formula is C13H18N2O2S. The van der Waals surface area contributed by atoms with Crippen LogP contribution in [0.15, 0.2) is 29.2 Å². The van der Waals surface area contributed by atoms with Crippen LogP contribution in [0.4, 0.5) is 0 Å². The Bertz CT molecular complexity index is 408. The fourth-order valence-electron chi connectivity index (χ4n) is 1.96. The summed E-state index contributed by atoms with van der Waals surface area (Å²) in [6.45, 7) is 2.24. The van der Waals surface area contributed by atoms with Gasteiger partial charge in [0.15, 0.2) is 0 Å². The number of hydrogen-bond acceptors (Lipinski definition) is 4. The van der Waals surface area contributed by atoms with Crippen LogP contribution < -0.4 is 5.73 Å². The maximum Gasteiger partial charge on any atom is 0.254 e. The van der Waals surface area contributed by atoms with Gasteiger partial charge < -0.3 is 15.4 Å². The Hall–Kier alpha value is -1.04. The van der Waals surface area contributed by atoms with Gasteiger partial charge in [0.1, 0.15) is 0 Å². The van der Waals surface area contributed by atoms with E-state index in [2.05, 4.69) is 0 Å². The van der Waals surface area contributed by atoms with Crippen LogP contribution in [-0.2, 0) is 4.74 Å². The third kappa shape index (κ3) is 3.04. The average molecular weight is 266 g/mol. The number of nitrogens with two attached hydrogens (primary N) is 1. The van der Waals surface area contributed by atoms with Gasteiger partial charge >= 0.3 is 0 Å².